The number of aryl methyl sites for hydroxylation is 1. The summed E-state index contributed by atoms with van der Waals surface area (Å²) in [6.07, 6.45) is 1.26. The van der Waals surface area contributed by atoms with Crippen LogP contribution >= 0.6 is 0 Å². The molecule has 3 rings (SSSR count). The van der Waals surface area contributed by atoms with Gasteiger partial charge in [-0.2, -0.15) is 4.99 Å². The van der Waals surface area contributed by atoms with Crippen molar-refractivity contribution in [3.8, 4) is 17.2 Å². The Balaban J connectivity index is 0.000000282. The third-order valence-electron chi connectivity index (χ3n) is 5.41. The Morgan fingerprint density at radius 3 is 2.15 bits per heavy atom. The summed E-state index contributed by atoms with van der Waals surface area (Å²) in [5.41, 5.74) is 13.0. The summed E-state index contributed by atoms with van der Waals surface area (Å²) in [5, 5.41) is 2.82. The van der Waals surface area contributed by atoms with E-state index in [9.17, 15) is 14.0 Å². The van der Waals surface area contributed by atoms with E-state index in [0.717, 1.165) is 16.7 Å². The van der Waals surface area contributed by atoms with Gasteiger partial charge in [0.15, 0.2) is 29.0 Å². The van der Waals surface area contributed by atoms with E-state index in [1.807, 2.05) is 44.2 Å². The molecular weight excluding hydrogens is 515 g/mol. The number of nitrogens with one attached hydrogen (secondary N) is 1. The molecule has 0 spiro atoms. The molecule has 0 bridgehead atoms. The van der Waals surface area contributed by atoms with Gasteiger partial charge in [-0.1, -0.05) is 42.5 Å². The van der Waals surface area contributed by atoms with E-state index >= 15 is 0 Å². The molecule has 0 fully saturated rings. The lowest BCUT2D eigenvalue weighted by Gasteiger charge is -2.11. The van der Waals surface area contributed by atoms with Gasteiger partial charge in [-0.25, -0.2) is 4.39 Å². The highest BCUT2D eigenvalue weighted by Gasteiger charge is 2.09. The number of aliphatic imine (C=N–C) groups is 1. The normalized spacial score (nSPS) is 10.0. The topological polar surface area (TPSA) is 138 Å². The number of amides is 2. The van der Waals surface area contributed by atoms with Crippen molar-refractivity contribution in [1.82, 2.24) is 5.32 Å². The van der Waals surface area contributed by atoms with Crippen molar-refractivity contribution < 1.29 is 28.2 Å². The van der Waals surface area contributed by atoms with Crippen LogP contribution in [0.3, 0.4) is 0 Å². The Labute approximate surface area is 234 Å². The van der Waals surface area contributed by atoms with E-state index in [1.54, 1.807) is 30.3 Å². The molecule has 3 aromatic rings. The van der Waals surface area contributed by atoms with E-state index in [0.29, 0.717) is 44.1 Å². The van der Waals surface area contributed by atoms with Crippen LogP contribution in [0.15, 0.2) is 71.7 Å². The van der Waals surface area contributed by atoms with Gasteiger partial charge in [0.05, 0.1) is 26.7 Å². The van der Waals surface area contributed by atoms with Gasteiger partial charge in [0.2, 0.25) is 5.91 Å². The van der Waals surface area contributed by atoms with Gasteiger partial charge in [-0.3, -0.25) is 9.59 Å². The first-order chi connectivity index (χ1) is 19.2. The van der Waals surface area contributed by atoms with Crippen LogP contribution in [0.2, 0.25) is 0 Å². The number of methoxy groups -OCH3 is 1. The van der Waals surface area contributed by atoms with Crippen LogP contribution in [0, 0.1) is 5.82 Å². The zero-order chi connectivity index (χ0) is 29.3. The van der Waals surface area contributed by atoms with Crippen LogP contribution in [0.4, 0.5) is 4.39 Å². The Morgan fingerprint density at radius 1 is 0.850 bits per heavy atom. The summed E-state index contributed by atoms with van der Waals surface area (Å²) in [7, 11) is 1.42. The summed E-state index contributed by atoms with van der Waals surface area (Å²) in [5.74, 6) is 0.388. The first-order valence-electron chi connectivity index (χ1n) is 12.9. The molecule has 0 saturated heterocycles. The van der Waals surface area contributed by atoms with E-state index in [-0.39, 0.29) is 24.0 Å². The summed E-state index contributed by atoms with van der Waals surface area (Å²) in [4.78, 5) is 26.7. The van der Waals surface area contributed by atoms with Gasteiger partial charge in [0, 0.05) is 13.0 Å². The van der Waals surface area contributed by atoms with Crippen molar-refractivity contribution in [2.45, 2.75) is 39.7 Å². The van der Waals surface area contributed by atoms with Gasteiger partial charge in [0.1, 0.15) is 0 Å². The smallest absolute Gasteiger partial charge is 0.253 e. The van der Waals surface area contributed by atoms with E-state index < -0.39 is 11.7 Å². The van der Waals surface area contributed by atoms with Crippen molar-refractivity contribution in [1.29, 1.82) is 0 Å². The van der Waals surface area contributed by atoms with Gasteiger partial charge in [0.25, 0.3) is 5.91 Å². The van der Waals surface area contributed by atoms with E-state index in [1.165, 1.54) is 13.2 Å². The second-order valence-electron chi connectivity index (χ2n) is 8.49. The maximum atomic E-state index is 13.3. The molecule has 214 valence electrons. The van der Waals surface area contributed by atoms with E-state index in [2.05, 4.69) is 10.3 Å². The Kier molecular flexibility index (Phi) is 13.5. The van der Waals surface area contributed by atoms with Crippen molar-refractivity contribution >= 4 is 17.8 Å². The number of nitrogens with two attached hydrogens (primary N) is 2. The Morgan fingerprint density at radius 2 is 1.50 bits per heavy atom. The maximum absolute atomic E-state index is 13.3. The molecule has 5 N–H and O–H groups in total. The molecule has 2 amide bonds. The summed E-state index contributed by atoms with van der Waals surface area (Å²) in [6, 6.07) is 19.7. The number of guanidine groups is 1. The molecule has 3 aromatic carbocycles. The van der Waals surface area contributed by atoms with Crippen molar-refractivity contribution in [3.05, 3.63) is 89.2 Å². The fourth-order valence-electron chi connectivity index (χ4n) is 3.57. The van der Waals surface area contributed by atoms with Crippen molar-refractivity contribution in [2.24, 2.45) is 16.5 Å². The van der Waals surface area contributed by atoms with Crippen molar-refractivity contribution in [2.75, 3.05) is 20.3 Å². The van der Waals surface area contributed by atoms with Gasteiger partial charge < -0.3 is 31.0 Å². The number of nitrogens with zero attached hydrogens (tertiary/aromatic N) is 1. The molecule has 0 unspecified atom stereocenters. The third kappa shape index (κ3) is 11.4. The maximum Gasteiger partial charge on any atom is 0.253 e. The molecule has 0 heterocycles. The van der Waals surface area contributed by atoms with Gasteiger partial charge in [-0.05, 0) is 61.2 Å². The standard InChI is InChI=1S/C17H18FNO2.C13H19N3O3/c1-21-16-11-14(7-9-15(16)18)12-19-17(20)10-8-13-5-3-2-4-6-13;1-3-18-10-6-5-9(7-11(10)19-4-2)8-12(17)16-13(14)15/h2-7,9,11H,8,10,12H2,1H3,(H,19,20);5-7H,3-4,8H2,1-2H3,(H4,14,15,16,17). The quantitative estimate of drug-likeness (QED) is 0.229. The Bertz CT molecular complexity index is 1260. The minimum absolute atomic E-state index is 0.0258. The lowest BCUT2D eigenvalue weighted by Crippen LogP contribution is -2.24. The number of carbonyl (C=O) groups is 2. The van der Waals surface area contributed by atoms with Crippen LogP contribution < -0.4 is 31.0 Å². The molecule has 10 heteroatoms. The highest BCUT2D eigenvalue weighted by Crippen LogP contribution is 2.28. The zero-order valence-corrected chi connectivity index (χ0v) is 23.1. The Hall–Kier alpha value is -4.60. The van der Waals surface area contributed by atoms with Crippen LogP contribution in [-0.2, 0) is 29.0 Å². The highest BCUT2D eigenvalue weighted by molar-refractivity contribution is 5.92. The summed E-state index contributed by atoms with van der Waals surface area (Å²) in [6.45, 7) is 5.21. The number of rotatable bonds is 12. The van der Waals surface area contributed by atoms with Crippen LogP contribution in [0.1, 0.15) is 37.0 Å². The molecule has 9 nitrogen and oxygen atoms in total. The van der Waals surface area contributed by atoms with E-state index in [4.69, 9.17) is 25.7 Å². The lowest BCUT2D eigenvalue weighted by atomic mass is 10.1. The molecular formula is C30H37FN4O5. The van der Waals surface area contributed by atoms with Crippen molar-refractivity contribution in [3.63, 3.8) is 0 Å². The van der Waals surface area contributed by atoms with Crippen LogP contribution in [0.5, 0.6) is 17.2 Å². The molecule has 0 aliphatic heterocycles. The number of ether oxygens (including phenoxy) is 3. The molecule has 0 radical (unpaired) electrons. The second kappa shape index (κ2) is 17.1. The average Bonchev–Trinajstić information content (AvgIpc) is 2.93. The van der Waals surface area contributed by atoms with Gasteiger partial charge >= 0.3 is 0 Å². The average molecular weight is 553 g/mol. The summed E-state index contributed by atoms with van der Waals surface area (Å²) < 4.78 is 29.1. The fraction of sp³-hybridized carbons (Fsp3) is 0.300. The summed E-state index contributed by atoms with van der Waals surface area (Å²) >= 11 is 0. The first-order valence-corrected chi connectivity index (χ1v) is 12.9. The highest BCUT2D eigenvalue weighted by atomic mass is 19.1. The molecule has 0 saturated carbocycles. The SMILES string of the molecule is CCOc1ccc(CC(=O)N=C(N)N)cc1OCC.COc1cc(CNC(=O)CCc2ccccc2)ccc1F. The number of carbonyl (C=O) groups excluding carboxylic acids is 2. The molecule has 0 aliphatic carbocycles. The number of halogens is 1. The predicted octanol–water partition coefficient (Wildman–Crippen LogP) is 3.91. The zero-order valence-electron chi connectivity index (χ0n) is 23.1. The minimum Gasteiger partial charge on any atom is -0.494 e. The van der Waals surface area contributed by atoms with Crippen LogP contribution in [0.25, 0.3) is 0 Å². The third-order valence-corrected chi connectivity index (χ3v) is 5.41. The molecule has 0 aromatic heterocycles. The molecule has 40 heavy (non-hydrogen) atoms. The molecule has 0 atom stereocenters. The monoisotopic (exact) mass is 552 g/mol. The predicted molar refractivity (Wildman–Crippen MR) is 153 cm³/mol. The first kappa shape index (κ1) is 31.6. The minimum atomic E-state index is -0.406. The molecule has 0 aliphatic rings. The largest absolute Gasteiger partial charge is 0.494 e. The van der Waals surface area contributed by atoms with Gasteiger partial charge in [-0.15, -0.1) is 0 Å². The number of benzene rings is 3. The number of hydrogen-bond acceptors (Lipinski definition) is 5. The second-order valence-corrected chi connectivity index (χ2v) is 8.49. The van der Waals surface area contributed by atoms with Crippen LogP contribution in [-0.4, -0.2) is 38.1 Å². The lowest BCUT2D eigenvalue weighted by molar-refractivity contribution is -0.121. The fourth-order valence-corrected chi connectivity index (χ4v) is 3.57. The number of hydrogen-bond donors (Lipinski definition) is 3.